The summed E-state index contributed by atoms with van der Waals surface area (Å²) in [5.41, 5.74) is 4.17. The number of benzene rings is 3. The highest BCUT2D eigenvalue weighted by Gasteiger charge is 2.26. The first-order valence-corrected chi connectivity index (χ1v) is 10.0. The Hall–Kier alpha value is -3.70. The van der Waals surface area contributed by atoms with Crippen LogP contribution in [0.5, 0.6) is 0 Å². The third-order valence-electron chi connectivity index (χ3n) is 4.80. The predicted octanol–water partition coefficient (Wildman–Crippen LogP) is 6.12. The van der Waals surface area contributed by atoms with E-state index in [0.717, 1.165) is 27.5 Å². The summed E-state index contributed by atoms with van der Waals surface area (Å²) in [7, 11) is 0. The number of aromatic carboxylic acids is 1. The summed E-state index contributed by atoms with van der Waals surface area (Å²) in [6, 6.07) is 29.5. The van der Waals surface area contributed by atoms with Crippen molar-refractivity contribution in [3.8, 4) is 28.2 Å². The number of thiophene rings is 1. The van der Waals surface area contributed by atoms with Crippen LogP contribution < -0.4 is 0 Å². The zero-order valence-electron chi connectivity index (χ0n) is 15.3. The molecule has 2 aromatic heterocycles. The van der Waals surface area contributed by atoms with Crippen molar-refractivity contribution in [3.05, 3.63) is 95.9 Å². The van der Waals surface area contributed by atoms with E-state index in [1.807, 2.05) is 95.6 Å². The molecule has 0 radical (unpaired) electrons. The van der Waals surface area contributed by atoms with Gasteiger partial charge in [-0.15, -0.1) is 11.3 Å². The number of carboxylic acids is 1. The quantitative estimate of drug-likeness (QED) is 0.398. The molecular formula is C24H16N2O2S. The van der Waals surface area contributed by atoms with Crippen LogP contribution in [0.1, 0.15) is 9.67 Å². The van der Waals surface area contributed by atoms with E-state index in [0.29, 0.717) is 16.0 Å². The van der Waals surface area contributed by atoms with Gasteiger partial charge in [-0.3, -0.25) is 4.57 Å². The van der Waals surface area contributed by atoms with Gasteiger partial charge in [-0.2, -0.15) is 0 Å². The molecule has 0 atom stereocenters. The highest BCUT2D eigenvalue weighted by Crippen LogP contribution is 2.42. The number of para-hydroxylation sites is 1. The minimum absolute atomic E-state index is 0.304. The Bertz CT molecular complexity index is 1310. The largest absolute Gasteiger partial charge is 0.477 e. The number of rotatable bonds is 4. The van der Waals surface area contributed by atoms with Crippen molar-refractivity contribution in [1.29, 1.82) is 0 Å². The minimum Gasteiger partial charge on any atom is -0.477 e. The first-order chi connectivity index (χ1) is 14.2. The molecule has 0 amide bonds. The van der Waals surface area contributed by atoms with Crippen molar-refractivity contribution in [3.63, 3.8) is 0 Å². The summed E-state index contributed by atoms with van der Waals surface area (Å²) in [4.78, 5) is 18.1. The van der Waals surface area contributed by atoms with Crippen molar-refractivity contribution < 1.29 is 9.90 Å². The zero-order chi connectivity index (χ0) is 19.8. The third-order valence-corrected chi connectivity index (χ3v) is 5.95. The summed E-state index contributed by atoms with van der Waals surface area (Å²) in [5, 5.41) is 9.87. The second-order valence-electron chi connectivity index (χ2n) is 6.60. The average Bonchev–Trinajstić information content (AvgIpc) is 3.32. The molecule has 5 heteroatoms. The lowest BCUT2D eigenvalue weighted by molar-refractivity contribution is 0.0703. The second-order valence-corrected chi connectivity index (χ2v) is 7.60. The summed E-state index contributed by atoms with van der Waals surface area (Å²) in [5.74, 6) is -0.139. The molecule has 3 aromatic carbocycles. The number of aromatic nitrogens is 2. The van der Waals surface area contributed by atoms with E-state index in [1.54, 1.807) is 0 Å². The Morgan fingerprint density at radius 3 is 1.93 bits per heavy atom. The Labute approximate surface area is 171 Å². The van der Waals surface area contributed by atoms with Gasteiger partial charge < -0.3 is 5.11 Å². The standard InChI is InChI=1S/C24H16N2O2S/c27-24(28)21-19(16-10-4-1-5-11-16)20-23(29-21)26(18-14-8-3-9-15-18)22(25-20)17-12-6-2-7-13-17/h1-15H,(H,27,28). The number of carbonyl (C=O) groups is 1. The smallest absolute Gasteiger partial charge is 0.346 e. The van der Waals surface area contributed by atoms with Crippen LogP contribution in [0.3, 0.4) is 0 Å². The van der Waals surface area contributed by atoms with Gasteiger partial charge in [0.25, 0.3) is 0 Å². The normalized spacial score (nSPS) is 11.0. The van der Waals surface area contributed by atoms with Gasteiger partial charge in [-0.1, -0.05) is 78.9 Å². The molecule has 140 valence electrons. The first-order valence-electron chi connectivity index (χ1n) is 9.19. The van der Waals surface area contributed by atoms with E-state index < -0.39 is 5.97 Å². The van der Waals surface area contributed by atoms with Crippen molar-refractivity contribution in [1.82, 2.24) is 9.55 Å². The van der Waals surface area contributed by atoms with Gasteiger partial charge in [0.2, 0.25) is 0 Å². The molecule has 0 spiro atoms. The van der Waals surface area contributed by atoms with Gasteiger partial charge in [-0.05, 0) is 17.7 Å². The molecule has 2 heterocycles. The highest BCUT2D eigenvalue weighted by atomic mass is 32.1. The number of hydrogen-bond donors (Lipinski definition) is 1. The Morgan fingerprint density at radius 1 is 0.793 bits per heavy atom. The molecule has 29 heavy (non-hydrogen) atoms. The van der Waals surface area contributed by atoms with E-state index in [1.165, 1.54) is 11.3 Å². The molecule has 0 unspecified atom stereocenters. The lowest BCUT2D eigenvalue weighted by Gasteiger charge is -2.08. The van der Waals surface area contributed by atoms with Gasteiger partial charge in [-0.25, -0.2) is 9.78 Å². The van der Waals surface area contributed by atoms with Gasteiger partial charge in [0.1, 0.15) is 21.0 Å². The topological polar surface area (TPSA) is 55.1 Å². The number of fused-ring (bicyclic) bond motifs is 1. The van der Waals surface area contributed by atoms with Crippen molar-refractivity contribution in [2.45, 2.75) is 0 Å². The Kier molecular flexibility index (Phi) is 4.22. The monoisotopic (exact) mass is 396 g/mol. The molecule has 5 rings (SSSR count). The molecule has 0 aliphatic heterocycles. The third kappa shape index (κ3) is 2.92. The van der Waals surface area contributed by atoms with Gasteiger partial charge in [0.15, 0.2) is 0 Å². The average molecular weight is 396 g/mol. The van der Waals surface area contributed by atoms with Crippen LogP contribution in [0.15, 0.2) is 91.0 Å². The molecule has 5 aromatic rings. The maximum atomic E-state index is 12.0. The lowest BCUT2D eigenvalue weighted by atomic mass is 10.1. The van der Waals surface area contributed by atoms with E-state index in [9.17, 15) is 9.90 Å². The number of imidazole rings is 1. The fraction of sp³-hybridized carbons (Fsp3) is 0. The Balaban J connectivity index is 1.89. The number of hydrogen-bond acceptors (Lipinski definition) is 3. The second kappa shape index (κ2) is 7.04. The predicted molar refractivity (Wildman–Crippen MR) is 117 cm³/mol. The highest BCUT2D eigenvalue weighted by molar-refractivity contribution is 7.21. The van der Waals surface area contributed by atoms with Crippen LogP contribution in [0.4, 0.5) is 0 Å². The fourth-order valence-corrected chi connectivity index (χ4v) is 4.66. The number of carboxylic acid groups (broad SMARTS) is 1. The van der Waals surface area contributed by atoms with Crippen molar-refractivity contribution in [2.75, 3.05) is 0 Å². The molecular weight excluding hydrogens is 380 g/mol. The van der Waals surface area contributed by atoms with Crippen molar-refractivity contribution in [2.24, 2.45) is 0 Å². The maximum Gasteiger partial charge on any atom is 0.346 e. The van der Waals surface area contributed by atoms with Crippen LogP contribution in [-0.2, 0) is 0 Å². The summed E-state index contributed by atoms with van der Waals surface area (Å²) < 4.78 is 2.05. The van der Waals surface area contributed by atoms with Crippen LogP contribution >= 0.6 is 11.3 Å². The van der Waals surface area contributed by atoms with Crippen LogP contribution in [0, 0.1) is 0 Å². The molecule has 0 fully saturated rings. The van der Waals surface area contributed by atoms with E-state index in [-0.39, 0.29) is 0 Å². The summed E-state index contributed by atoms with van der Waals surface area (Å²) in [6.45, 7) is 0. The van der Waals surface area contributed by atoms with Gasteiger partial charge in [0, 0.05) is 16.8 Å². The van der Waals surface area contributed by atoms with Crippen LogP contribution in [0.25, 0.3) is 38.5 Å². The molecule has 0 aliphatic carbocycles. The maximum absolute atomic E-state index is 12.0. The number of nitrogens with zero attached hydrogens (tertiary/aromatic N) is 2. The molecule has 0 saturated carbocycles. The molecule has 0 bridgehead atoms. The molecule has 1 N–H and O–H groups in total. The SMILES string of the molecule is O=C(O)c1sc2c(nc(-c3ccccc3)n2-c2ccccc2)c1-c1ccccc1. The first kappa shape index (κ1) is 17.4. The fourth-order valence-electron chi connectivity index (χ4n) is 3.54. The molecule has 0 saturated heterocycles. The summed E-state index contributed by atoms with van der Waals surface area (Å²) in [6.07, 6.45) is 0. The van der Waals surface area contributed by atoms with Crippen LogP contribution in [0.2, 0.25) is 0 Å². The van der Waals surface area contributed by atoms with Crippen molar-refractivity contribution >= 4 is 27.7 Å². The summed E-state index contributed by atoms with van der Waals surface area (Å²) >= 11 is 1.26. The van der Waals surface area contributed by atoms with Gasteiger partial charge in [0.05, 0.1) is 0 Å². The van der Waals surface area contributed by atoms with Crippen LogP contribution in [-0.4, -0.2) is 20.6 Å². The van der Waals surface area contributed by atoms with E-state index in [4.69, 9.17) is 4.98 Å². The lowest BCUT2D eigenvalue weighted by Crippen LogP contribution is -1.97. The molecule has 4 nitrogen and oxygen atoms in total. The van der Waals surface area contributed by atoms with Gasteiger partial charge >= 0.3 is 5.97 Å². The van der Waals surface area contributed by atoms with E-state index in [2.05, 4.69) is 0 Å². The zero-order valence-corrected chi connectivity index (χ0v) is 16.1. The molecule has 0 aliphatic rings. The Morgan fingerprint density at radius 2 is 1.34 bits per heavy atom. The van der Waals surface area contributed by atoms with E-state index >= 15 is 0 Å². The minimum atomic E-state index is -0.937.